The maximum absolute atomic E-state index is 5.95. The summed E-state index contributed by atoms with van der Waals surface area (Å²) in [7, 11) is 0. The minimum absolute atomic E-state index is 0.0223. The molecule has 0 radical (unpaired) electrons. The predicted molar refractivity (Wildman–Crippen MR) is 84.1 cm³/mol. The molecule has 3 heteroatoms. The van der Waals surface area contributed by atoms with Crippen LogP contribution in [-0.2, 0) is 0 Å². The zero-order chi connectivity index (χ0) is 13.6. The Bertz CT molecular complexity index is 379. The Labute approximate surface area is 119 Å². The Kier molecular flexibility index (Phi) is 6.16. The maximum atomic E-state index is 5.95. The van der Waals surface area contributed by atoms with Gasteiger partial charge in [-0.15, -0.1) is 0 Å². The molecule has 2 nitrogen and oxygen atoms in total. The SMILES string of the molecule is CCCCCC(C)(CN)Nc1cc(C)ccc1Br. The minimum Gasteiger partial charge on any atom is -0.378 e. The van der Waals surface area contributed by atoms with Crippen LogP contribution < -0.4 is 11.1 Å². The van der Waals surface area contributed by atoms with Crippen LogP contribution >= 0.6 is 15.9 Å². The van der Waals surface area contributed by atoms with Gasteiger partial charge in [0.25, 0.3) is 0 Å². The van der Waals surface area contributed by atoms with Crippen molar-refractivity contribution in [1.29, 1.82) is 0 Å². The van der Waals surface area contributed by atoms with Crippen LogP contribution in [0.5, 0.6) is 0 Å². The molecule has 0 amide bonds. The van der Waals surface area contributed by atoms with E-state index in [0.717, 1.165) is 16.6 Å². The van der Waals surface area contributed by atoms with E-state index < -0.39 is 0 Å². The molecule has 1 atom stereocenters. The fraction of sp³-hybridized carbons (Fsp3) is 0.600. The lowest BCUT2D eigenvalue weighted by Crippen LogP contribution is -2.42. The lowest BCUT2D eigenvalue weighted by atomic mass is 9.94. The first kappa shape index (κ1) is 15.5. The molecule has 0 saturated carbocycles. The van der Waals surface area contributed by atoms with Crippen LogP contribution in [0.25, 0.3) is 0 Å². The number of hydrogen-bond donors (Lipinski definition) is 2. The number of nitrogens with one attached hydrogen (secondary N) is 1. The number of nitrogens with two attached hydrogens (primary N) is 1. The molecule has 0 aliphatic rings. The molecule has 0 heterocycles. The summed E-state index contributed by atoms with van der Waals surface area (Å²) < 4.78 is 1.10. The number of hydrogen-bond acceptors (Lipinski definition) is 2. The average Bonchev–Trinajstić information content (AvgIpc) is 2.34. The molecular weight excluding hydrogens is 288 g/mol. The monoisotopic (exact) mass is 312 g/mol. The van der Waals surface area contributed by atoms with E-state index >= 15 is 0 Å². The maximum Gasteiger partial charge on any atom is 0.0491 e. The highest BCUT2D eigenvalue weighted by Crippen LogP contribution is 2.28. The Morgan fingerprint density at radius 2 is 2.06 bits per heavy atom. The smallest absolute Gasteiger partial charge is 0.0491 e. The molecule has 102 valence electrons. The third-order valence-corrected chi connectivity index (χ3v) is 4.03. The van der Waals surface area contributed by atoms with Gasteiger partial charge in [-0.25, -0.2) is 0 Å². The lowest BCUT2D eigenvalue weighted by Gasteiger charge is -2.31. The van der Waals surface area contributed by atoms with Crippen LogP contribution in [0.3, 0.4) is 0 Å². The van der Waals surface area contributed by atoms with Crippen molar-refractivity contribution in [2.45, 2.75) is 52.0 Å². The first-order valence-electron chi connectivity index (χ1n) is 6.75. The summed E-state index contributed by atoms with van der Waals surface area (Å²) in [6, 6.07) is 6.35. The molecule has 0 aliphatic heterocycles. The summed E-state index contributed by atoms with van der Waals surface area (Å²) in [5, 5.41) is 3.60. The normalized spacial score (nSPS) is 14.3. The summed E-state index contributed by atoms with van der Waals surface area (Å²) in [5.74, 6) is 0. The van der Waals surface area contributed by atoms with E-state index in [2.05, 4.69) is 60.2 Å². The van der Waals surface area contributed by atoms with E-state index in [1.165, 1.54) is 24.8 Å². The van der Waals surface area contributed by atoms with Crippen LogP contribution in [0, 0.1) is 6.92 Å². The summed E-state index contributed by atoms with van der Waals surface area (Å²) in [6.45, 7) is 7.19. The summed E-state index contributed by atoms with van der Waals surface area (Å²) in [4.78, 5) is 0. The molecule has 0 aliphatic carbocycles. The number of rotatable bonds is 7. The van der Waals surface area contributed by atoms with Crippen LogP contribution in [0.2, 0.25) is 0 Å². The van der Waals surface area contributed by atoms with Crippen molar-refractivity contribution in [1.82, 2.24) is 0 Å². The summed E-state index contributed by atoms with van der Waals surface area (Å²) in [5.41, 5.74) is 8.32. The summed E-state index contributed by atoms with van der Waals surface area (Å²) >= 11 is 3.59. The Balaban J connectivity index is 2.74. The van der Waals surface area contributed by atoms with Crippen molar-refractivity contribution >= 4 is 21.6 Å². The number of halogens is 1. The second-order valence-corrected chi connectivity index (χ2v) is 6.18. The molecule has 3 N–H and O–H groups in total. The minimum atomic E-state index is -0.0223. The van der Waals surface area contributed by atoms with Gasteiger partial charge < -0.3 is 11.1 Å². The molecule has 0 saturated heterocycles. The molecular formula is C15H25BrN2. The topological polar surface area (TPSA) is 38.0 Å². The number of benzene rings is 1. The van der Waals surface area contributed by atoms with Crippen LogP contribution in [0.15, 0.2) is 22.7 Å². The largest absolute Gasteiger partial charge is 0.378 e. The third kappa shape index (κ3) is 4.62. The van der Waals surface area contributed by atoms with Gasteiger partial charge in [0.1, 0.15) is 0 Å². The zero-order valence-electron chi connectivity index (χ0n) is 11.7. The molecule has 1 unspecified atom stereocenters. The number of aryl methyl sites for hydroxylation is 1. The zero-order valence-corrected chi connectivity index (χ0v) is 13.3. The van der Waals surface area contributed by atoms with Gasteiger partial charge in [0.15, 0.2) is 0 Å². The molecule has 0 spiro atoms. The van der Waals surface area contributed by atoms with Crippen molar-refractivity contribution in [3.63, 3.8) is 0 Å². The standard InChI is InChI=1S/C15H25BrN2/c1-4-5-6-9-15(3,11-17)18-14-10-12(2)7-8-13(14)16/h7-8,10,18H,4-6,9,11,17H2,1-3H3. The van der Waals surface area contributed by atoms with Gasteiger partial charge in [0.05, 0.1) is 0 Å². The second kappa shape index (κ2) is 7.15. The molecule has 0 bridgehead atoms. The van der Waals surface area contributed by atoms with Gasteiger partial charge in [-0.05, 0) is 53.9 Å². The van der Waals surface area contributed by atoms with Crippen LogP contribution in [-0.4, -0.2) is 12.1 Å². The number of anilines is 1. The summed E-state index contributed by atoms with van der Waals surface area (Å²) in [6.07, 6.45) is 4.85. The molecule has 0 aromatic heterocycles. The first-order valence-corrected chi connectivity index (χ1v) is 7.54. The van der Waals surface area contributed by atoms with Crippen molar-refractivity contribution in [2.75, 3.05) is 11.9 Å². The molecule has 1 aromatic carbocycles. The van der Waals surface area contributed by atoms with Gasteiger partial charge in [0, 0.05) is 22.2 Å². The Morgan fingerprint density at radius 1 is 1.33 bits per heavy atom. The predicted octanol–water partition coefficient (Wildman–Crippen LogP) is 4.47. The van der Waals surface area contributed by atoms with Gasteiger partial charge >= 0.3 is 0 Å². The van der Waals surface area contributed by atoms with Crippen molar-refractivity contribution in [3.8, 4) is 0 Å². The van der Waals surface area contributed by atoms with Crippen molar-refractivity contribution in [2.24, 2.45) is 5.73 Å². The van der Waals surface area contributed by atoms with Crippen LogP contribution in [0.4, 0.5) is 5.69 Å². The molecule has 0 fully saturated rings. The first-order chi connectivity index (χ1) is 8.50. The van der Waals surface area contributed by atoms with E-state index in [9.17, 15) is 0 Å². The quantitative estimate of drug-likeness (QED) is 0.729. The molecule has 1 rings (SSSR count). The van der Waals surface area contributed by atoms with E-state index in [1.54, 1.807) is 0 Å². The highest BCUT2D eigenvalue weighted by Gasteiger charge is 2.22. The van der Waals surface area contributed by atoms with E-state index in [-0.39, 0.29) is 5.54 Å². The van der Waals surface area contributed by atoms with E-state index in [1.807, 2.05) is 0 Å². The molecule has 18 heavy (non-hydrogen) atoms. The fourth-order valence-electron chi connectivity index (χ4n) is 2.04. The van der Waals surface area contributed by atoms with E-state index in [0.29, 0.717) is 6.54 Å². The average molecular weight is 313 g/mol. The van der Waals surface area contributed by atoms with E-state index in [4.69, 9.17) is 5.73 Å². The van der Waals surface area contributed by atoms with Gasteiger partial charge in [-0.2, -0.15) is 0 Å². The van der Waals surface area contributed by atoms with Gasteiger partial charge in [0.2, 0.25) is 0 Å². The molecule has 1 aromatic rings. The van der Waals surface area contributed by atoms with Crippen molar-refractivity contribution in [3.05, 3.63) is 28.2 Å². The highest BCUT2D eigenvalue weighted by atomic mass is 79.9. The lowest BCUT2D eigenvalue weighted by molar-refractivity contribution is 0.455. The van der Waals surface area contributed by atoms with Crippen molar-refractivity contribution < 1.29 is 0 Å². The van der Waals surface area contributed by atoms with Crippen LogP contribution in [0.1, 0.15) is 45.1 Å². The third-order valence-electron chi connectivity index (χ3n) is 3.34. The Hall–Kier alpha value is -0.540. The van der Waals surface area contributed by atoms with Gasteiger partial charge in [-0.3, -0.25) is 0 Å². The highest BCUT2D eigenvalue weighted by molar-refractivity contribution is 9.10. The van der Waals surface area contributed by atoms with Gasteiger partial charge in [-0.1, -0.05) is 32.3 Å². The number of unbranched alkanes of at least 4 members (excludes halogenated alkanes) is 2. The Morgan fingerprint density at radius 3 is 2.67 bits per heavy atom. The fourth-order valence-corrected chi connectivity index (χ4v) is 2.39. The second-order valence-electron chi connectivity index (χ2n) is 5.33.